The third-order valence-corrected chi connectivity index (χ3v) is 6.91. The summed E-state index contributed by atoms with van der Waals surface area (Å²) in [6.07, 6.45) is -0.777. The molecule has 5 atom stereocenters. The van der Waals surface area contributed by atoms with E-state index in [1.54, 1.807) is 6.08 Å². The zero-order valence-electron chi connectivity index (χ0n) is 23.0. The Morgan fingerprint density at radius 1 is 0.897 bits per heavy atom. The van der Waals surface area contributed by atoms with Crippen molar-refractivity contribution in [1.82, 2.24) is 0 Å². The predicted octanol–water partition coefficient (Wildman–Crippen LogP) is 3.78. The Kier molecular flexibility index (Phi) is 9.65. The molecule has 1 aliphatic carbocycles. The first kappa shape index (κ1) is 27.0. The van der Waals surface area contributed by atoms with Crippen molar-refractivity contribution in [3.63, 3.8) is 0 Å². The number of benzene rings is 3. The van der Waals surface area contributed by atoms with Gasteiger partial charge in [0, 0.05) is 30.4 Å². The molecule has 0 saturated carbocycles. The summed E-state index contributed by atoms with van der Waals surface area (Å²) >= 11 is 0. The van der Waals surface area contributed by atoms with Gasteiger partial charge < -0.3 is 25.1 Å². The molecular formula is C32H35NO6. The normalized spacial score (nSPS) is 20.8. The first-order valence-corrected chi connectivity index (χ1v) is 13.0. The smallest absolute Gasteiger partial charge is 0.333 e. The zero-order chi connectivity index (χ0) is 28.3. The first-order chi connectivity index (χ1) is 19.5. The molecule has 7 heteroatoms. The Bertz CT molecular complexity index is 1250. The van der Waals surface area contributed by atoms with Gasteiger partial charge in [-0.05, 0) is 16.7 Å². The van der Waals surface area contributed by atoms with Crippen LogP contribution >= 0.6 is 0 Å². The maximum atomic E-state index is 13.9. The average Bonchev–Trinajstić information content (AvgIpc) is 3.00. The van der Waals surface area contributed by atoms with E-state index < -0.39 is 36.2 Å². The van der Waals surface area contributed by atoms with Crippen LogP contribution in [-0.2, 0) is 43.4 Å². The standard InChI is InChI=1S/C32H35NO6/c1-37-32(36)25-18-26(29(33)27(34)19-25)30(38-20-23-13-7-3-8-14-23)31(39-21-24-15-9-4-10-16-24)28(35)17-22-11-5-2-6-12-22/h2-16,18,26-27,29-31,34H,17,19-21,33H2,1H3/t26-,27-,29+,30?,31?/m1/s1/i34T. The number of Topliss-reactive ketones (excluding diaryl/α,β-unsaturated/α-hetero) is 1. The summed E-state index contributed by atoms with van der Waals surface area (Å²) in [5.74, 6) is -1.41. The van der Waals surface area contributed by atoms with Gasteiger partial charge in [0.15, 0.2) is 5.78 Å². The molecule has 204 valence electrons. The average molecular weight is 532 g/mol. The Labute approximate surface area is 230 Å². The fraction of sp³-hybridized carbons (Fsp3) is 0.312. The lowest BCUT2D eigenvalue weighted by atomic mass is 9.78. The topological polar surface area (TPSA) is 108 Å². The van der Waals surface area contributed by atoms with Gasteiger partial charge in [-0.2, -0.15) is 0 Å². The number of rotatable bonds is 13. The second-order valence-corrected chi connectivity index (χ2v) is 9.69. The SMILES string of the molecule is [3H]O[C@@H]1CC(C(=O)OC)=C[C@@H](C(OCc2ccccc2)C(OCc2ccccc2)C(=O)Cc2ccccc2)[C@@H]1N. The van der Waals surface area contributed by atoms with Crippen molar-refractivity contribution in [3.05, 3.63) is 119 Å². The molecule has 7 nitrogen and oxygen atoms in total. The number of carbonyl (C=O) groups is 2. The number of aliphatic hydroxyl groups excluding tert-OH is 1. The van der Waals surface area contributed by atoms with Crippen LogP contribution in [0.25, 0.3) is 0 Å². The molecule has 0 amide bonds. The molecule has 0 radical (unpaired) electrons. The van der Waals surface area contributed by atoms with E-state index in [-0.39, 0.29) is 31.8 Å². The zero-order valence-corrected chi connectivity index (χ0v) is 22.0. The van der Waals surface area contributed by atoms with Gasteiger partial charge in [0.05, 0.1) is 32.5 Å². The molecule has 3 N–H and O–H groups in total. The van der Waals surface area contributed by atoms with Gasteiger partial charge in [0.25, 0.3) is 0 Å². The van der Waals surface area contributed by atoms with Crippen molar-refractivity contribution < 1.29 is 28.9 Å². The maximum absolute atomic E-state index is 13.9. The Balaban J connectivity index is 1.72. The van der Waals surface area contributed by atoms with Gasteiger partial charge in [0.2, 0.25) is 1.43 Å². The number of hydrogen-bond donors (Lipinski definition) is 2. The van der Waals surface area contributed by atoms with Gasteiger partial charge >= 0.3 is 5.97 Å². The van der Waals surface area contributed by atoms with Gasteiger partial charge in [-0.15, -0.1) is 0 Å². The molecule has 0 heterocycles. The Hall–Kier alpha value is -3.62. The summed E-state index contributed by atoms with van der Waals surface area (Å²) in [5.41, 5.74) is 9.57. The number of esters is 1. The molecule has 0 saturated heterocycles. The fourth-order valence-corrected chi connectivity index (χ4v) is 4.80. The number of carbonyl (C=O) groups excluding carboxylic acids is 2. The summed E-state index contributed by atoms with van der Waals surface area (Å²) in [6.45, 7) is 0.359. The second kappa shape index (κ2) is 14.0. The molecule has 3 aromatic carbocycles. The van der Waals surface area contributed by atoms with Crippen LogP contribution in [-0.4, -0.2) is 49.8 Å². The van der Waals surface area contributed by atoms with Crippen LogP contribution < -0.4 is 5.73 Å². The van der Waals surface area contributed by atoms with E-state index in [0.29, 0.717) is 5.57 Å². The van der Waals surface area contributed by atoms with Crippen LogP contribution in [0.3, 0.4) is 0 Å². The molecule has 39 heavy (non-hydrogen) atoms. The number of methoxy groups -OCH3 is 1. The highest BCUT2D eigenvalue weighted by Crippen LogP contribution is 2.31. The van der Waals surface area contributed by atoms with Gasteiger partial charge in [0.1, 0.15) is 6.10 Å². The minimum Gasteiger partial charge on any atom is -0.466 e. The van der Waals surface area contributed by atoms with Crippen molar-refractivity contribution in [3.8, 4) is 0 Å². The highest BCUT2D eigenvalue weighted by atomic mass is 16.5. The maximum Gasteiger partial charge on any atom is 0.333 e. The monoisotopic (exact) mass is 531 g/mol. The summed E-state index contributed by atoms with van der Waals surface area (Å²) < 4.78 is 25.4. The first-order valence-electron chi connectivity index (χ1n) is 13.4. The van der Waals surface area contributed by atoms with Crippen LogP contribution in [0.5, 0.6) is 0 Å². The highest BCUT2D eigenvalue weighted by molar-refractivity contribution is 5.89. The molecule has 0 spiro atoms. The van der Waals surface area contributed by atoms with E-state index in [4.69, 9.17) is 26.5 Å². The molecule has 4 rings (SSSR count). The summed E-state index contributed by atoms with van der Waals surface area (Å²) in [6, 6.07) is 27.8. The van der Waals surface area contributed by atoms with Gasteiger partial charge in [-0.3, -0.25) is 4.79 Å². The van der Waals surface area contributed by atoms with Crippen LogP contribution in [0.2, 0.25) is 0 Å². The van der Waals surface area contributed by atoms with E-state index in [0.717, 1.165) is 16.7 Å². The molecule has 2 unspecified atom stereocenters. The molecule has 0 bridgehead atoms. The number of ketones is 1. The van der Waals surface area contributed by atoms with Crippen LogP contribution in [0.15, 0.2) is 103 Å². The number of ether oxygens (including phenoxy) is 3. The molecule has 0 aromatic heterocycles. The van der Waals surface area contributed by atoms with Crippen molar-refractivity contribution in [2.75, 3.05) is 7.11 Å². The lowest BCUT2D eigenvalue weighted by molar-refractivity contribution is -0.151. The third-order valence-electron chi connectivity index (χ3n) is 6.91. The minimum absolute atomic E-state index is 0.118. The second-order valence-electron chi connectivity index (χ2n) is 9.69. The highest BCUT2D eigenvalue weighted by Gasteiger charge is 2.43. The van der Waals surface area contributed by atoms with Crippen molar-refractivity contribution in [2.24, 2.45) is 11.7 Å². The molecule has 1 aliphatic rings. The van der Waals surface area contributed by atoms with Crippen molar-refractivity contribution in [2.45, 2.75) is 50.4 Å². The Morgan fingerprint density at radius 2 is 1.44 bits per heavy atom. The summed E-state index contributed by atoms with van der Waals surface area (Å²) in [5, 5.41) is 4.93. The minimum atomic E-state index is -1.03. The lowest BCUT2D eigenvalue weighted by Crippen LogP contribution is -2.54. The van der Waals surface area contributed by atoms with Crippen LogP contribution in [0.1, 0.15) is 23.1 Å². The van der Waals surface area contributed by atoms with E-state index in [2.05, 4.69) is 0 Å². The van der Waals surface area contributed by atoms with Crippen molar-refractivity contribution >= 4 is 11.8 Å². The molecule has 0 aliphatic heterocycles. The summed E-state index contributed by atoms with van der Waals surface area (Å²) in [7, 11) is 1.29. The van der Waals surface area contributed by atoms with Crippen LogP contribution in [0.4, 0.5) is 0 Å². The predicted molar refractivity (Wildman–Crippen MR) is 147 cm³/mol. The molecule has 0 fully saturated rings. The van der Waals surface area contributed by atoms with Crippen molar-refractivity contribution in [1.29, 1.82) is 1.43 Å². The summed E-state index contributed by atoms with van der Waals surface area (Å²) in [4.78, 5) is 26.5. The number of nitrogens with two attached hydrogens (primary N) is 1. The van der Waals surface area contributed by atoms with E-state index >= 15 is 0 Å². The van der Waals surface area contributed by atoms with Gasteiger partial charge in [-0.25, -0.2) is 4.79 Å². The van der Waals surface area contributed by atoms with E-state index in [1.807, 2.05) is 91.0 Å². The van der Waals surface area contributed by atoms with Gasteiger partial charge in [-0.1, -0.05) is 97.1 Å². The fourth-order valence-electron chi connectivity index (χ4n) is 4.80. The number of aliphatic hydroxyl groups is 1. The van der Waals surface area contributed by atoms with E-state index in [1.165, 1.54) is 7.11 Å². The number of hydrogen-bond acceptors (Lipinski definition) is 7. The molecule has 3 aromatic rings. The largest absolute Gasteiger partial charge is 0.466 e. The van der Waals surface area contributed by atoms with E-state index in [9.17, 15) is 9.59 Å². The lowest BCUT2D eigenvalue weighted by Gasteiger charge is -2.39. The quantitative estimate of drug-likeness (QED) is 0.323. The third kappa shape index (κ3) is 7.71. The van der Waals surface area contributed by atoms with Crippen LogP contribution in [0, 0.1) is 5.92 Å². The Morgan fingerprint density at radius 3 is 1.97 bits per heavy atom. The molecular weight excluding hydrogens is 494 g/mol.